The van der Waals surface area contributed by atoms with Crippen molar-refractivity contribution < 1.29 is 4.79 Å². The van der Waals surface area contributed by atoms with Crippen molar-refractivity contribution in [3.63, 3.8) is 0 Å². The molecule has 2 N–H and O–H groups in total. The molecule has 0 aromatic heterocycles. The molecule has 1 unspecified atom stereocenters. The first-order chi connectivity index (χ1) is 6.24. The van der Waals surface area contributed by atoms with E-state index in [0.29, 0.717) is 6.04 Å². The molecule has 1 atom stereocenters. The highest BCUT2D eigenvalue weighted by molar-refractivity contribution is 5.85. The second kappa shape index (κ2) is 9.25. The van der Waals surface area contributed by atoms with Gasteiger partial charge in [0.2, 0.25) is 5.91 Å². The van der Waals surface area contributed by atoms with Crippen molar-refractivity contribution in [2.75, 3.05) is 13.1 Å². The lowest BCUT2D eigenvalue weighted by molar-refractivity contribution is -0.126. The molecule has 15 heavy (non-hydrogen) atoms. The van der Waals surface area contributed by atoms with E-state index in [1.54, 1.807) is 0 Å². The molecule has 0 bridgehead atoms. The summed E-state index contributed by atoms with van der Waals surface area (Å²) in [5.41, 5.74) is 0. The summed E-state index contributed by atoms with van der Waals surface area (Å²) in [5, 5.41) is 6.29. The molecule has 5 heteroatoms. The monoisotopic (exact) mass is 256 g/mol. The molecule has 1 rings (SSSR count). The van der Waals surface area contributed by atoms with Crippen LogP contribution in [-0.4, -0.2) is 25.0 Å². The standard InChI is InChI=1S/C10H20N2O.2ClH/c1-3-8(2)12-10(13)9-4-6-11-7-5-9;;/h8-9,11H,3-7H2,1-2H3,(H,12,13);2*1H. The smallest absolute Gasteiger partial charge is 0.223 e. The minimum atomic E-state index is 0. The predicted octanol–water partition coefficient (Wildman–Crippen LogP) is 1.74. The molecule has 1 heterocycles. The Balaban J connectivity index is 0. The van der Waals surface area contributed by atoms with Crippen molar-refractivity contribution in [3.05, 3.63) is 0 Å². The van der Waals surface area contributed by atoms with Gasteiger partial charge in [0.15, 0.2) is 0 Å². The van der Waals surface area contributed by atoms with E-state index in [2.05, 4.69) is 24.5 Å². The maximum atomic E-state index is 11.6. The van der Waals surface area contributed by atoms with Crippen LogP contribution in [0.5, 0.6) is 0 Å². The summed E-state index contributed by atoms with van der Waals surface area (Å²) in [6, 6.07) is 0.322. The summed E-state index contributed by atoms with van der Waals surface area (Å²) in [7, 11) is 0. The van der Waals surface area contributed by atoms with Gasteiger partial charge in [0, 0.05) is 12.0 Å². The van der Waals surface area contributed by atoms with E-state index in [1.807, 2.05) is 0 Å². The number of amides is 1. The summed E-state index contributed by atoms with van der Waals surface area (Å²) in [4.78, 5) is 11.6. The van der Waals surface area contributed by atoms with Crippen LogP contribution in [-0.2, 0) is 4.79 Å². The Hall–Kier alpha value is 0.01000. The van der Waals surface area contributed by atoms with Crippen molar-refractivity contribution in [2.24, 2.45) is 5.92 Å². The van der Waals surface area contributed by atoms with Gasteiger partial charge in [-0.15, -0.1) is 24.8 Å². The molecule has 1 fully saturated rings. The number of hydrogen-bond acceptors (Lipinski definition) is 2. The highest BCUT2D eigenvalue weighted by Gasteiger charge is 2.21. The molecule has 1 amide bonds. The van der Waals surface area contributed by atoms with Gasteiger partial charge in [-0.05, 0) is 39.3 Å². The van der Waals surface area contributed by atoms with Crippen molar-refractivity contribution in [1.82, 2.24) is 10.6 Å². The van der Waals surface area contributed by atoms with Crippen LogP contribution in [0.4, 0.5) is 0 Å². The number of hydrogen-bond donors (Lipinski definition) is 2. The van der Waals surface area contributed by atoms with Gasteiger partial charge in [-0.2, -0.15) is 0 Å². The van der Waals surface area contributed by atoms with Crippen molar-refractivity contribution >= 4 is 30.7 Å². The molecule has 0 aromatic rings. The Morgan fingerprint density at radius 1 is 1.40 bits per heavy atom. The van der Waals surface area contributed by atoms with Gasteiger partial charge in [-0.3, -0.25) is 4.79 Å². The van der Waals surface area contributed by atoms with Crippen molar-refractivity contribution in [1.29, 1.82) is 0 Å². The molecule has 1 aliphatic heterocycles. The van der Waals surface area contributed by atoms with Crippen LogP contribution in [0.25, 0.3) is 0 Å². The Morgan fingerprint density at radius 2 is 1.93 bits per heavy atom. The molecule has 1 aliphatic rings. The average molecular weight is 257 g/mol. The van der Waals surface area contributed by atoms with E-state index < -0.39 is 0 Å². The molecule has 0 spiro atoms. The zero-order chi connectivity index (χ0) is 9.68. The third-order valence-electron chi connectivity index (χ3n) is 2.71. The lowest BCUT2D eigenvalue weighted by Crippen LogP contribution is -2.41. The van der Waals surface area contributed by atoms with Gasteiger partial charge in [-0.1, -0.05) is 6.92 Å². The fourth-order valence-electron chi connectivity index (χ4n) is 1.55. The number of rotatable bonds is 3. The van der Waals surface area contributed by atoms with E-state index in [9.17, 15) is 4.79 Å². The van der Waals surface area contributed by atoms with Crippen molar-refractivity contribution in [3.8, 4) is 0 Å². The maximum Gasteiger partial charge on any atom is 0.223 e. The van der Waals surface area contributed by atoms with Crippen LogP contribution in [0.1, 0.15) is 33.1 Å². The Labute approximate surface area is 105 Å². The SMILES string of the molecule is CCC(C)NC(=O)C1CCNCC1.Cl.Cl. The zero-order valence-corrected chi connectivity index (χ0v) is 11.0. The molecular formula is C10H22Cl2N2O. The number of carbonyl (C=O) groups excluding carboxylic acids is 1. The number of halogens is 2. The summed E-state index contributed by atoms with van der Waals surface area (Å²) in [6.45, 7) is 6.11. The van der Waals surface area contributed by atoms with E-state index in [4.69, 9.17) is 0 Å². The third-order valence-corrected chi connectivity index (χ3v) is 2.71. The van der Waals surface area contributed by atoms with Crippen LogP contribution in [0, 0.1) is 5.92 Å². The van der Waals surface area contributed by atoms with Gasteiger partial charge in [0.05, 0.1) is 0 Å². The van der Waals surface area contributed by atoms with Crippen molar-refractivity contribution in [2.45, 2.75) is 39.2 Å². The van der Waals surface area contributed by atoms with Crippen LogP contribution in [0.3, 0.4) is 0 Å². The lowest BCUT2D eigenvalue weighted by Gasteiger charge is -2.23. The summed E-state index contributed by atoms with van der Waals surface area (Å²) in [6.07, 6.45) is 2.99. The molecule has 0 saturated carbocycles. The normalized spacial score (nSPS) is 18.3. The van der Waals surface area contributed by atoms with Crippen LogP contribution in [0.15, 0.2) is 0 Å². The fraction of sp³-hybridized carbons (Fsp3) is 0.900. The predicted molar refractivity (Wildman–Crippen MR) is 68.0 cm³/mol. The summed E-state index contributed by atoms with van der Waals surface area (Å²) in [5.74, 6) is 0.492. The molecule has 92 valence electrons. The topological polar surface area (TPSA) is 41.1 Å². The number of piperidine rings is 1. The molecule has 3 nitrogen and oxygen atoms in total. The number of carbonyl (C=O) groups is 1. The van der Waals surface area contributed by atoms with Gasteiger partial charge < -0.3 is 10.6 Å². The highest BCUT2D eigenvalue weighted by Crippen LogP contribution is 2.11. The molecule has 0 radical (unpaired) electrons. The van der Waals surface area contributed by atoms with Crippen LogP contribution in [0.2, 0.25) is 0 Å². The molecule has 1 saturated heterocycles. The quantitative estimate of drug-likeness (QED) is 0.808. The first-order valence-electron chi connectivity index (χ1n) is 5.25. The largest absolute Gasteiger partial charge is 0.353 e. The van der Waals surface area contributed by atoms with E-state index in [1.165, 1.54) is 0 Å². The Bertz CT molecular complexity index is 173. The summed E-state index contributed by atoms with van der Waals surface area (Å²) < 4.78 is 0. The van der Waals surface area contributed by atoms with Crippen LogP contribution < -0.4 is 10.6 Å². The summed E-state index contributed by atoms with van der Waals surface area (Å²) >= 11 is 0. The molecular weight excluding hydrogens is 235 g/mol. The van der Waals surface area contributed by atoms with E-state index in [0.717, 1.165) is 32.4 Å². The number of nitrogens with one attached hydrogen (secondary N) is 2. The minimum absolute atomic E-state index is 0. The zero-order valence-electron chi connectivity index (χ0n) is 9.41. The van der Waals surface area contributed by atoms with E-state index >= 15 is 0 Å². The fourth-order valence-corrected chi connectivity index (χ4v) is 1.55. The van der Waals surface area contributed by atoms with Gasteiger partial charge in [0.25, 0.3) is 0 Å². The maximum absolute atomic E-state index is 11.6. The molecule has 0 aromatic carbocycles. The Kier molecular flexibility index (Phi) is 10.7. The van der Waals surface area contributed by atoms with Gasteiger partial charge in [-0.25, -0.2) is 0 Å². The first-order valence-corrected chi connectivity index (χ1v) is 5.25. The third kappa shape index (κ3) is 6.23. The second-order valence-electron chi connectivity index (χ2n) is 3.84. The highest BCUT2D eigenvalue weighted by atomic mass is 35.5. The molecule has 0 aliphatic carbocycles. The minimum Gasteiger partial charge on any atom is -0.353 e. The van der Waals surface area contributed by atoms with Gasteiger partial charge in [0.1, 0.15) is 0 Å². The first kappa shape index (κ1) is 17.4. The Morgan fingerprint density at radius 3 is 2.40 bits per heavy atom. The lowest BCUT2D eigenvalue weighted by atomic mass is 9.97. The average Bonchev–Trinajstić information content (AvgIpc) is 2.19. The van der Waals surface area contributed by atoms with Crippen LogP contribution >= 0.6 is 24.8 Å². The van der Waals surface area contributed by atoms with E-state index in [-0.39, 0.29) is 36.6 Å². The van der Waals surface area contributed by atoms with Gasteiger partial charge >= 0.3 is 0 Å². The second-order valence-corrected chi connectivity index (χ2v) is 3.84.